The Labute approximate surface area is 87.1 Å². The molecule has 2 fully saturated rings. The van der Waals surface area contributed by atoms with Crippen molar-refractivity contribution in [3.63, 3.8) is 0 Å². The van der Waals surface area contributed by atoms with Gasteiger partial charge in [0, 0.05) is 13.0 Å². The van der Waals surface area contributed by atoms with Gasteiger partial charge in [0.25, 0.3) is 5.91 Å². The van der Waals surface area contributed by atoms with Gasteiger partial charge in [-0.15, -0.1) is 0 Å². The van der Waals surface area contributed by atoms with Crippen molar-refractivity contribution in [3.8, 4) is 0 Å². The second kappa shape index (κ2) is 3.78. The van der Waals surface area contributed by atoms with Gasteiger partial charge >= 0.3 is 0 Å². The number of hydrogen-bond donors (Lipinski definition) is 2. The predicted octanol–water partition coefficient (Wildman–Crippen LogP) is -0.805. The van der Waals surface area contributed by atoms with E-state index in [1.54, 1.807) is 4.90 Å². The van der Waals surface area contributed by atoms with Gasteiger partial charge in [-0.25, -0.2) is 5.48 Å². The molecular formula is C8H12N2O3S. The molecule has 1 N–H and O–H groups in total. The summed E-state index contributed by atoms with van der Waals surface area (Å²) in [5.74, 6) is 0.740. The molecule has 5 nitrogen and oxygen atoms in total. The molecule has 2 aliphatic rings. The second-order valence-electron chi connectivity index (χ2n) is 3.59. The number of carbonyl (C=O) groups excluding carboxylic acids is 2. The van der Waals surface area contributed by atoms with E-state index in [0.29, 0.717) is 18.7 Å². The Morgan fingerprint density at radius 2 is 2.36 bits per heavy atom. The molecule has 14 heavy (non-hydrogen) atoms. The Hall–Kier alpha value is -0.750. The van der Waals surface area contributed by atoms with E-state index < -0.39 is 6.04 Å². The maximum absolute atomic E-state index is 11.5. The van der Waals surface area contributed by atoms with Crippen LogP contribution in [0.4, 0.5) is 0 Å². The molecular weight excluding hydrogens is 204 g/mol. The van der Waals surface area contributed by atoms with Gasteiger partial charge in [-0.1, -0.05) is 0 Å². The molecule has 2 rings (SSSR count). The van der Waals surface area contributed by atoms with Crippen molar-refractivity contribution in [1.82, 2.24) is 10.4 Å². The standard InChI is InChI=1S/C8H12N2O3S/c11-7-1-5(4-14)2-10(7)6-3-13-9-8(6)12/h5-6,14H,1-4H2,(H,9,12)/t5?,6-/m0/s1. The fraction of sp³-hybridized carbons (Fsp3) is 0.750. The molecule has 2 atom stereocenters. The maximum atomic E-state index is 11.5. The lowest BCUT2D eigenvalue weighted by Gasteiger charge is -2.20. The number of carbonyl (C=O) groups is 2. The summed E-state index contributed by atoms with van der Waals surface area (Å²) in [7, 11) is 0. The third-order valence-electron chi connectivity index (χ3n) is 2.59. The summed E-state index contributed by atoms with van der Waals surface area (Å²) in [6.45, 7) is 0.869. The van der Waals surface area contributed by atoms with Crippen LogP contribution >= 0.6 is 12.6 Å². The molecule has 0 spiro atoms. The normalized spacial score (nSPS) is 32.5. The molecule has 0 aromatic heterocycles. The van der Waals surface area contributed by atoms with Crippen molar-refractivity contribution in [1.29, 1.82) is 0 Å². The van der Waals surface area contributed by atoms with Gasteiger partial charge in [-0.3, -0.25) is 14.4 Å². The molecule has 2 amide bonds. The largest absolute Gasteiger partial charge is 0.328 e. The van der Waals surface area contributed by atoms with E-state index >= 15 is 0 Å². The number of rotatable bonds is 2. The van der Waals surface area contributed by atoms with Crippen molar-refractivity contribution in [3.05, 3.63) is 0 Å². The Morgan fingerprint density at radius 1 is 1.57 bits per heavy atom. The van der Waals surface area contributed by atoms with Crippen molar-refractivity contribution >= 4 is 24.4 Å². The Balaban J connectivity index is 2.04. The zero-order valence-corrected chi connectivity index (χ0v) is 8.50. The first-order valence-electron chi connectivity index (χ1n) is 4.54. The predicted molar refractivity (Wildman–Crippen MR) is 51.6 cm³/mol. The molecule has 0 radical (unpaired) electrons. The molecule has 2 aliphatic heterocycles. The lowest BCUT2D eigenvalue weighted by Crippen LogP contribution is -2.43. The van der Waals surface area contributed by atoms with Crippen LogP contribution in [-0.2, 0) is 14.4 Å². The molecule has 2 heterocycles. The molecule has 0 aliphatic carbocycles. The molecule has 0 aromatic rings. The smallest absolute Gasteiger partial charge is 0.268 e. The van der Waals surface area contributed by atoms with E-state index in [1.807, 2.05) is 0 Å². The van der Waals surface area contributed by atoms with Gasteiger partial charge in [-0.2, -0.15) is 12.6 Å². The van der Waals surface area contributed by atoms with Crippen LogP contribution in [0.2, 0.25) is 0 Å². The van der Waals surface area contributed by atoms with Gasteiger partial charge in [-0.05, 0) is 11.7 Å². The van der Waals surface area contributed by atoms with E-state index in [-0.39, 0.29) is 24.3 Å². The highest BCUT2D eigenvalue weighted by Crippen LogP contribution is 2.22. The summed E-state index contributed by atoms with van der Waals surface area (Å²) < 4.78 is 0. The van der Waals surface area contributed by atoms with Crippen molar-refractivity contribution in [2.24, 2.45) is 5.92 Å². The van der Waals surface area contributed by atoms with Crippen molar-refractivity contribution in [2.75, 3.05) is 18.9 Å². The quantitative estimate of drug-likeness (QED) is 0.594. The number of thiol groups is 1. The Morgan fingerprint density at radius 3 is 2.86 bits per heavy atom. The number of hydroxylamine groups is 1. The third-order valence-corrected chi connectivity index (χ3v) is 3.11. The SMILES string of the molecule is O=C1NOC[C@@H]1N1CC(CS)CC1=O. The summed E-state index contributed by atoms with van der Waals surface area (Å²) in [6, 6.07) is -0.438. The Bertz CT molecular complexity index is 271. The summed E-state index contributed by atoms with van der Waals surface area (Å²) in [4.78, 5) is 29.2. The highest BCUT2D eigenvalue weighted by atomic mass is 32.1. The fourth-order valence-corrected chi connectivity index (χ4v) is 2.04. The number of hydrogen-bond acceptors (Lipinski definition) is 4. The molecule has 2 saturated heterocycles. The second-order valence-corrected chi connectivity index (χ2v) is 3.96. The summed E-state index contributed by atoms with van der Waals surface area (Å²) in [5.41, 5.74) is 2.25. The number of amides is 2. The fourth-order valence-electron chi connectivity index (χ4n) is 1.80. The van der Waals surface area contributed by atoms with Crippen LogP contribution in [-0.4, -0.2) is 41.7 Å². The van der Waals surface area contributed by atoms with Crippen LogP contribution in [0.5, 0.6) is 0 Å². The minimum absolute atomic E-state index is 0.0229. The first-order valence-corrected chi connectivity index (χ1v) is 5.17. The molecule has 0 aromatic carbocycles. The first-order chi connectivity index (χ1) is 6.72. The molecule has 1 unspecified atom stereocenters. The molecule has 6 heteroatoms. The zero-order chi connectivity index (χ0) is 10.1. The first kappa shape index (κ1) is 9.79. The van der Waals surface area contributed by atoms with Gasteiger partial charge < -0.3 is 4.90 Å². The van der Waals surface area contributed by atoms with Crippen LogP contribution < -0.4 is 5.48 Å². The Kier molecular flexibility index (Phi) is 2.64. The van der Waals surface area contributed by atoms with Crippen LogP contribution in [0.1, 0.15) is 6.42 Å². The lowest BCUT2D eigenvalue weighted by atomic mass is 10.1. The lowest BCUT2D eigenvalue weighted by molar-refractivity contribution is -0.135. The van der Waals surface area contributed by atoms with Gasteiger partial charge in [0.1, 0.15) is 12.6 Å². The summed E-state index contributed by atoms with van der Waals surface area (Å²) in [5, 5.41) is 0. The highest BCUT2D eigenvalue weighted by molar-refractivity contribution is 7.80. The molecule has 78 valence electrons. The van der Waals surface area contributed by atoms with E-state index in [4.69, 9.17) is 4.84 Å². The number of likely N-dealkylation sites (tertiary alicyclic amines) is 1. The van der Waals surface area contributed by atoms with Crippen LogP contribution in [0.15, 0.2) is 0 Å². The van der Waals surface area contributed by atoms with E-state index in [0.717, 1.165) is 0 Å². The summed E-state index contributed by atoms with van der Waals surface area (Å²) >= 11 is 4.15. The van der Waals surface area contributed by atoms with Crippen molar-refractivity contribution in [2.45, 2.75) is 12.5 Å². The number of nitrogens with zero attached hydrogens (tertiary/aromatic N) is 1. The maximum Gasteiger partial charge on any atom is 0.268 e. The monoisotopic (exact) mass is 216 g/mol. The topological polar surface area (TPSA) is 58.6 Å². The van der Waals surface area contributed by atoms with Gasteiger partial charge in [0.2, 0.25) is 5.91 Å². The van der Waals surface area contributed by atoms with E-state index in [1.165, 1.54) is 0 Å². The highest BCUT2D eigenvalue weighted by Gasteiger charge is 2.39. The van der Waals surface area contributed by atoms with Gasteiger partial charge in [0.05, 0.1) is 0 Å². The van der Waals surface area contributed by atoms with Crippen molar-refractivity contribution < 1.29 is 14.4 Å². The molecule has 0 bridgehead atoms. The number of nitrogens with one attached hydrogen (secondary N) is 1. The molecule has 0 saturated carbocycles. The average molecular weight is 216 g/mol. The van der Waals surface area contributed by atoms with Crippen LogP contribution in [0, 0.1) is 5.92 Å². The van der Waals surface area contributed by atoms with Crippen LogP contribution in [0.25, 0.3) is 0 Å². The zero-order valence-electron chi connectivity index (χ0n) is 7.60. The van der Waals surface area contributed by atoms with Crippen LogP contribution in [0.3, 0.4) is 0 Å². The summed E-state index contributed by atoms with van der Waals surface area (Å²) in [6.07, 6.45) is 0.493. The average Bonchev–Trinajstić information content (AvgIpc) is 2.72. The van der Waals surface area contributed by atoms with E-state index in [2.05, 4.69) is 18.1 Å². The minimum atomic E-state index is -0.438. The van der Waals surface area contributed by atoms with Gasteiger partial charge in [0.15, 0.2) is 0 Å². The minimum Gasteiger partial charge on any atom is -0.328 e. The third kappa shape index (κ3) is 1.59. The van der Waals surface area contributed by atoms with E-state index in [9.17, 15) is 9.59 Å².